The quantitative estimate of drug-likeness (QED) is 0.922. The van der Waals surface area contributed by atoms with E-state index in [4.69, 9.17) is 0 Å². The molecule has 122 valence electrons. The molecule has 1 saturated carbocycles. The fourth-order valence-corrected chi connectivity index (χ4v) is 3.66. The minimum Gasteiger partial charge on any atom is -0.340 e. The van der Waals surface area contributed by atoms with Crippen LogP contribution in [0.15, 0.2) is 6.20 Å². The summed E-state index contributed by atoms with van der Waals surface area (Å²) in [5.41, 5.74) is 0.483. The van der Waals surface area contributed by atoms with E-state index in [1.165, 1.54) is 32.1 Å². The van der Waals surface area contributed by atoms with Crippen LogP contribution >= 0.6 is 0 Å². The van der Waals surface area contributed by atoms with Crippen molar-refractivity contribution in [3.05, 3.63) is 11.9 Å². The average molecular weight is 305 g/mol. The second-order valence-electron chi connectivity index (χ2n) is 6.75. The van der Waals surface area contributed by atoms with Crippen molar-refractivity contribution in [1.29, 1.82) is 0 Å². The number of hydrogen-bond donors (Lipinski definition) is 1. The molecule has 6 nitrogen and oxygen atoms in total. The molecule has 1 aromatic rings. The van der Waals surface area contributed by atoms with Gasteiger partial charge >= 0.3 is 0 Å². The lowest BCUT2D eigenvalue weighted by atomic mass is 9.89. The minimum atomic E-state index is 0.00533. The number of piperidine rings is 1. The first kappa shape index (κ1) is 15.5. The summed E-state index contributed by atoms with van der Waals surface area (Å²) < 4.78 is 1.88. The predicted octanol–water partition coefficient (Wildman–Crippen LogP) is 1.85. The average Bonchev–Trinajstić information content (AvgIpc) is 3.06. The van der Waals surface area contributed by atoms with Crippen LogP contribution in [0.1, 0.15) is 61.5 Å². The third kappa shape index (κ3) is 3.66. The molecule has 1 aromatic heterocycles. The number of nitrogens with one attached hydrogen (secondary N) is 1. The van der Waals surface area contributed by atoms with Crippen molar-refractivity contribution in [2.75, 3.05) is 26.7 Å². The molecule has 1 N–H and O–H groups in total. The topological polar surface area (TPSA) is 63.1 Å². The van der Waals surface area contributed by atoms with Gasteiger partial charge in [0, 0.05) is 13.6 Å². The van der Waals surface area contributed by atoms with E-state index in [1.807, 2.05) is 22.8 Å². The third-order valence-electron chi connectivity index (χ3n) is 5.02. The zero-order valence-electron chi connectivity index (χ0n) is 13.5. The molecule has 0 spiro atoms. The number of carbonyl (C=O) groups excluding carboxylic acids is 1. The summed E-state index contributed by atoms with van der Waals surface area (Å²) in [7, 11) is 1.89. The molecule has 1 aliphatic heterocycles. The second-order valence-corrected chi connectivity index (χ2v) is 6.75. The van der Waals surface area contributed by atoms with Crippen LogP contribution in [-0.4, -0.2) is 52.5 Å². The van der Waals surface area contributed by atoms with E-state index in [0.717, 1.165) is 32.5 Å². The Bertz CT molecular complexity index is 488. The van der Waals surface area contributed by atoms with Crippen molar-refractivity contribution in [3.63, 3.8) is 0 Å². The highest BCUT2D eigenvalue weighted by atomic mass is 16.2. The van der Waals surface area contributed by atoms with Crippen LogP contribution in [0.5, 0.6) is 0 Å². The molecule has 0 bridgehead atoms. The van der Waals surface area contributed by atoms with Gasteiger partial charge in [-0.3, -0.25) is 4.79 Å². The molecule has 22 heavy (non-hydrogen) atoms. The van der Waals surface area contributed by atoms with Crippen LogP contribution in [0.4, 0.5) is 0 Å². The van der Waals surface area contributed by atoms with Crippen molar-refractivity contribution >= 4 is 5.91 Å². The van der Waals surface area contributed by atoms with Gasteiger partial charge in [0.15, 0.2) is 5.69 Å². The normalized spacial score (nSPS) is 21.0. The maximum Gasteiger partial charge on any atom is 0.275 e. The molecular formula is C16H27N5O. The monoisotopic (exact) mass is 305 g/mol. The molecular weight excluding hydrogens is 278 g/mol. The van der Waals surface area contributed by atoms with Crippen molar-refractivity contribution in [3.8, 4) is 0 Å². The third-order valence-corrected chi connectivity index (χ3v) is 5.02. The molecule has 2 heterocycles. The first-order valence-electron chi connectivity index (χ1n) is 8.62. The standard InChI is InChI=1S/C16H27N5O/c1-20(11-13-5-3-2-4-6-13)16(22)15-12-21(19-18-15)14-7-9-17-10-8-14/h12-14,17H,2-11H2,1H3. The van der Waals surface area contributed by atoms with E-state index < -0.39 is 0 Å². The lowest BCUT2D eigenvalue weighted by Crippen LogP contribution is -2.33. The van der Waals surface area contributed by atoms with Crippen molar-refractivity contribution < 1.29 is 4.79 Å². The molecule has 0 atom stereocenters. The zero-order valence-corrected chi connectivity index (χ0v) is 13.5. The van der Waals surface area contributed by atoms with E-state index in [2.05, 4.69) is 15.6 Å². The van der Waals surface area contributed by atoms with Gasteiger partial charge in [0.1, 0.15) is 0 Å². The van der Waals surface area contributed by atoms with Gasteiger partial charge < -0.3 is 10.2 Å². The molecule has 0 radical (unpaired) electrons. The highest BCUT2D eigenvalue weighted by Crippen LogP contribution is 2.24. The Balaban J connectivity index is 1.58. The maximum absolute atomic E-state index is 12.5. The zero-order chi connectivity index (χ0) is 15.4. The first-order valence-corrected chi connectivity index (χ1v) is 8.62. The Hall–Kier alpha value is -1.43. The van der Waals surface area contributed by atoms with Gasteiger partial charge in [-0.05, 0) is 44.7 Å². The maximum atomic E-state index is 12.5. The van der Waals surface area contributed by atoms with E-state index in [0.29, 0.717) is 17.7 Å². The number of rotatable bonds is 4. The SMILES string of the molecule is CN(CC1CCCCC1)C(=O)c1cn(C2CCNCC2)nn1. The van der Waals surface area contributed by atoms with Gasteiger partial charge in [-0.25, -0.2) is 4.68 Å². The summed E-state index contributed by atoms with van der Waals surface area (Å²) in [5.74, 6) is 0.660. The van der Waals surface area contributed by atoms with Gasteiger partial charge in [-0.2, -0.15) is 0 Å². The first-order chi connectivity index (χ1) is 10.7. The van der Waals surface area contributed by atoms with Crippen LogP contribution in [0, 0.1) is 5.92 Å². The van der Waals surface area contributed by atoms with E-state index >= 15 is 0 Å². The number of aromatic nitrogens is 3. The van der Waals surface area contributed by atoms with Crippen LogP contribution in [0.2, 0.25) is 0 Å². The van der Waals surface area contributed by atoms with Gasteiger partial charge in [-0.1, -0.05) is 24.5 Å². The molecule has 3 rings (SSSR count). The van der Waals surface area contributed by atoms with Crippen LogP contribution in [0.3, 0.4) is 0 Å². The van der Waals surface area contributed by atoms with Gasteiger partial charge in [0.25, 0.3) is 5.91 Å². The number of carbonyl (C=O) groups is 1. The van der Waals surface area contributed by atoms with Crippen molar-refractivity contribution in [2.24, 2.45) is 5.92 Å². The fraction of sp³-hybridized carbons (Fsp3) is 0.812. The Morgan fingerprint density at radius 2 is 2.00 bits per heavy atom. The largest absolute Gasteiger partial charge is 0.340 e. The minimum absolute atomic E-state index is 0.00533. The van der Waals surface area contributed by atoms with E-state index in [1.54, 1.807) is 0 Å². The van der Waals surface area contributed by atoms with Gasteiger partial charge in [-0.15, -0.1) is 5.10 Å². The van der Waals surface area contributed by atoms with Crippen LogP contribution < -0.4 is 5.32 Å². The van der Waals surface area contributed by atoms with Crippen molar-refractivity contribution in [2.45, 2.75) is 51.0 Å². The smallest absolute Gasteiger partial charge is 0.275 e. The lowest BCUT2D eigenvalue weighted by molar-refractivity contribution is 0.0754. The number of amides is 1. The highest BCUT2D eigenvalue weighted by molar-refractivity contribution is 5.91. The Kier molecular flexibility index (Phi) is 5.08. The molecule has 2 fully saturated rings. The summed E-state index contributed by atoms with van der Waals surface area (Å²) >= 11 is 0. The Labute approximate surface area is 132 Å². The Morgan fingerprint density at radius 3 is 2.73 bits per heavy atom. The van der Waals surface area contributed by atoms with Crippen LogP contribution in [-0.2, 0) is 0 Å². The van der Waals surface area contributed by atoms with Crippen LogP contribution in [0.25, 0.3) is 0 Å². The lowest BCUT2D eigenvalue weighted by Gasteiger charge is -2.26. The van der Waals surface area contributed by atoms with Gasteiger partial charge in [0.05, 0.1) is 12.2 Å². The molecule has 6 heteroatoms. The van der Waals surface area contributed by atoms with E-state index in [9.17, 15) is 4.79 Å². The molecule has 2 aliphatic rings. The molecule has 1 amide bonds. The highest BCUT2D eigenvalue weighted by Gasteiger charge is 2.23. The molecule has 1 saturated heterocycles. The summed E-state index contributed by atoms with van der Waals surface area (Å²) in [6.07, 6.45) is 10.4. The fourth-order valence-electron chi connectivity index (χ4n) is 3.66. The number of nitrogens with zero attached hydrogens (tertiary/aromatic N) is 4. The number of hydrogen-bond acceptors (Lipinski definition) is 4. The second kappa shape index (κ2) is 7.22. The Morgan fingerprint density at radius 1 is 1.27 bits per heavy atom. The summed E-state index contributed by atoms with van der Waals surface area (Å²) in [5, 5.41) is 11.6. The van der Waals surface area contributed by atoms with Gasteiger partial charge in [0.2, 0.25) is 0 Å². The molecule has 1 aliphatic carbocycles. The summed E-state index contributed by atoms with van der Waals surface area (Å²) in [4.78, 5) is 14.3. The summed E-state index contributed by atoms with van der Waals surface area (Å²) in [6, 6.07) is 0.374. The van der Waals surface area contributed by atoms with E-state index in [-0.39, 0.29) is 5.91 Å². The van der Waals surface area contributed by atoms with Crippen molar-refractivity contribution in [1.82, 2.24) is 25.2 Å². The molecule has 0 unspecified atom stereocenters. The predicted molar refractivity (Wildman–Crippen MR) is 84.7 cm³/mol. The molecule has 0 aromatic carbocycles. The summed E-state index contributed by atoms with van der Waals surface area (Å²) in [6.45, 7) is 2.86.